The van der Waals surface area contributed by atoms with Crippen molar-refractivity contribution in [1.29, 1.82) is 0 Å². The summed E-state index contributed by atoms with van der Waals surface area (Å²) in [5.41, 5.74) is 0.781. The molecule has 0 aromatic carbocycles. The number of ether oxygens (including phenoxy) is 1. The minimum absolute atomic E-state index is 0.00845. The summed E-state index contributed by atoms with van der Waals surface area (Å²) in [4.78, 5) is 35.8. The molecule has 10 nitrogen and oxygen atoms in total. The lowest BCUT2D eigenvalue weighted by atomic mass is 9.80. The Balaban J connectivity index is 1.42. The zero-order chi connectivity index (χ0) is 21.2. The van der Waals surface area contributed by atoms with Crippen LogP contribution in [0.3, 0.4) is 0 Å². The molecule has 4 aliphatic rings. The van der Waals surface area contributed by atoms with E-state index >= 15 is 0 Å². The molecule has 2 aromatic rings. The summed E-state index contributed by atoms with van der Waals surface area (Å²) in [6, 6.07) is 0.324. The second-order valence-corrected chi connectivity index (χ2v) is 8.76. The maximum atomic E-state index is 13.8. The summed E-state index contributed by atoms with van der Waals surface area (Å²) in [6.45, 7) is 1.22. The van der Waals surface area contributed by atoms with Crippen LogP contribution >= 0.6 is 0 Å². The van der Waals surface area contributed by atoms with Gasteiger partial charge in [0.2, 0.25) is 11.9 Å². The van der Waals surface area contributed by atoms with Gasteiger partial charge in [0.05, 0.1) is 47.8 Å². The van der Waals surface area contributed by atoms with Crippen LogP contribution in [0.1, 0.15) is 43.5 Å². The van der Waals surface area contributed by atoms with Crippen molar-refractivity contribution in [2.24, 2.45) is 0 Å². The highest BCUT2D eigenvalue weighted by atomic mass is 16.5. The SMILES string of the molecule is CNc1nc(CO)nc2c1C1(CCCC1)C(=O)N2c1cnc(N2CC3CC2CO3)nc1. The average molecular weight is 423 g/mol. The van der Waals surface area contributed by atoms with Crippen molar-refractivity contribution >= 4 is 29.2 Å². The number of aliphatic hydroxyl groups is 1. The van der Waals surface area contributed by atoms with E-state index in [0.29, 0.717) is 35.9 Å². The van der Waals surface area contributed by atoms with Gasteiger partial charge in [0.1, 0.15) is 18.2 Å². The van der Waals surface area contributed by atoms with E-state index in [4.69, 9.17) is 4.74 Å². The van der Waals surface area contributed by atoms with E-state index in [9.17, 15) is 9.90 Å². The number of fused-ring (bicyclic) bond motifs is 4. The number of rotatable bonds is 4. The number of aromatic nitrogens is 4. The zero-order valence-electron chi connectivity index (χ0n) is 17.4. The molecule has 31 heavy (non-hydrogen) atoms. The first-order chi connectivity index (χ1) is 15.1. The molecule has 2 N–H and O–H groups in total. The van der Waals surface area contributed by atoms with Crippen LogP contribution < -0.4 is 15.1 Å². The minimum Gasteiger partial charge on any atom is -0.388 e. The molecule has 2 bridgehead atoms. The van der Waals surface area contributed by atoms with Gasteiger partial charge < -0.3 is 20.1 Å². The quantitative estimate of drug-likeness (QED) is 0.750. The molecule has 3 fully saturated rings. The van der Waals surface area contributed by atoms with Crippen LogP contribution in [-0.4, -0.2) is 63.3 Å². The maximum Gasteiger partial charge on any atom is 0.243 e. The highest BCUT2D eigenvalue weighted by Gasteiger charge is 2.55. The topological polar surface area (TPSA) is 117 Å². The van der Waals surface area contributed by atoms with Crippen LogP contribution in [0.25, 0.3) is 0 Å². The lowest BCUT2D eigenvalue weighted by Gasteiger charge is -2.27. The van der Waals surface area contributed by atoms with Gasteiger partial charge >= 0.3 is 0 Å². The van der Waals surface area contributed by atoms with E-state index in [1.54, 1.807) is 24.3 Å². The maximum absolute atomic E-state index is 13.8. The van der Waals surface area contributed by atoms with Gasteiger partial charge in [-0.15, -0.1) is 0 Å². The van der Waals surface area contributed by atoms with Crippen molar-refractivity contribution in [3.63, 3.8) is 0 Å². The summed E-state index contributed by atoms with van der Waals surface area (Å²) in [5, 5.41) is 12.8. The number of carbonyl (C=O) groups is 1. The standard InChI is InChI=1S/C21H25N7O3/c1-22-17-16-18(26-15(10-29)25-17)28(19(30)21(16)4-2-3-5-21)13-7-23-20(24-8-13)27-9-14-6-12(27)11-31-14/h7-8,12,14,29H,2-6,9-11H2,1H3,(H,22,25,26). The average Bonchev–Trinajstić information content (AvgIpc) is 3.59. The second kappa shape index (κ2) is 6.83. The van der Waals surface area contributed by atoms with Gasteiger partial charge in [-0.25, -0.2) is 19.9 Å². The minimum atomic E-state index is -0.633. The van der Waals surface area contributed by atoms with Gasteiger partial charge in [-0.1, -0.05) is 12.8 Å². The molecular formula is C21H25N7O3. The highest BCUT2D eigenvalue weighted by molar-refractivity contribution is 6.13. The van der Waals surface area contributed by atoms with Crippen LogP contribution in [-0.2, 0) is 21.6 Å². The lowest BCUT2D eigenvalue weighted by Crippen LogP contribution is -2.38. The number of anilines is 4. The second-order valence-electron chi connectivity index (χ2n) is 8.76. The Hall–Kier alpha value is -2.85. The van der Waals surface area contributed by atoms with Gasteiger partial charge in [0.15, 0.2) is 5.82 Å². The predicted octanol–water partition coefficient (Wildman–Crippen LogP) is 1.27. The Morgan fingerprint density at radius 3 is 2.65 bits per heavy atom. The molecule has 10 heteroatoms. The first-order valence-corrected chi connectivity index (χ1v) is 10.9. The predicted molar refractivity (Wildman–Crippen MR) is 112 cm³/mol. The van der Waals surface area contributed by atoms with Gasteiger partial charge in [0, 0.05) is 13.6 Å². The van der Waals surface area contributed by atoms with E-state index in [1.807, 2.05) is 0 Å². The molecule has 2 saturated heterocycles. The molecule has 2 unspecified atom stereocenters. The largest absolute Gasteiger partial charge is 0.388 e. The molecule has 6 rings (SSSR count). The summed E-state index contributed by atoms with van der Waals surface area (Å²) in [6.07, 6.45) is 8.17. The third kappa shape index (κ3) is 2.61. The first-order valence-electron chi connectivity index (χ1n) is 10.9. The smallest absolute Gasteiger partial charge is 0.243 e. The Kier molecular flexibility index (Phi) is 4.16. The third-order valence-corrected chi connectivity index (χ3v) is 7.11. The number of hydrogen-bond donors (Lipinski definition) is 2. The molecule has 1 saturated carbocycles. The molecule has 5 heterocycles. The summed E-state index contributed by atoms with van der Waals surface area (Å²) in [7, 11) is 1.78. The van der Waals surface area contributed by atoms with Crippen LogP contribution in [0.2, 0.25) is 0 Å². The number of amides is 1. The number of hydrogen-bond acceptors (Lipinski definition) is 9. The Labute approximate surface area is 179 Å². The fraction of sp³-hybridized carbons (Fsp3) is 0.571. The Bertz CT molecular complexity index is 1040. The first kappa shape index (κ1) is 18.9. The monoisotopic (exact) mass is 423 g/mol. The molecule has 2 aromatic heterocycles. The zero-order valence-corrected chi connectivity index (χ0v) is 17.4. The molecule has 3 aliphatic heterocycles. The molecule has 2 atom stereocenters. The third-order valence-electron chi connectivity index (χ3n) is 7.11. The Morgan fingerprint density at radius 2 is 2.03 bits per heavy atom. The molecule has 0 radical (unpaired) electrons. The Morgan fingerprint density at radius 1 is 1.26 bits per heavy atom. The van der Waals surface area contributed by atoms with Crippen molar-refractivity contribution in [3.05, 3.63) is 23.8 Å². The normalized spacial score (nSPS) is 25.7. The van der Waals surface area contributed by atoms with Crippen molar-refractivity contribution in [3.8, 4) is 0 Å². The molecule has 1 amide bonds. The van der Waals surface area contributed by atoms with Gasteiger partial charge in [-0.3, -0.25) is 9.69 Å². The van der Waals surface area contributed by atoms with E-state index < -0.39 is 5.41 Å². The van der Waals surface area contributed by atoms with Gasteiger partial charge in [-0.2, -0.15) is 0 Å². The molecule has 162 valence electrons. The summed E-state index contributed by atoms with van der Waals surface area (Å²) in [5.74, 6) is 2.07. The molecule has 1 aliphatic carbocycles. The van der Waals surface area contributed by atoms with E-state index in [1.165, 1.54) is 0 Å². The highest BCUT2D eigenvalue weighted by Crippen LogP contribution is 2.54. The molecule has 1 spiro atoms. The van der Waals surface area contributed by atoms with E-state index in [0.717, 1.165) is 44.2 Å². The van der Waals surface area contributed by atoms with Gasteiger partial charge in [-0.05, 0) is 19.3 Å². The van der Waals surface area contributed by atoms with Crippen molar-refractivity contribution < 1.29 is 14.6 Å². The van der Waals surface area contributed by atoms with Crippen molar-refractivity contribution in [2.45, 2.75) is 56.3 Å². The fourth-order valence-electron chi connectivity index (χ4n) is 5.67. The number of aliphatic hydroxyl groups excluding tert-OH is 1. The lowest BCUT2D eigenvalue weighted by molar-refractivity contribution is -0.122. The van der Waals surface area contributed by atoms with Crippen LogP contribution in [0.5, 0.6) is 0 Å². The van der Waals surface area contributed by atoms with Crippen LogP contribution in [0, 0.1) is 0 Å². The number of carbonyl (C=O) groups excluding carboxylic acids is 1. The number of morpholine rings is 1. The van der Waals surface area contributed by atoms with Crippen LogP contribution in [0.4, 0.5) is 23.3 Å². The molecular weight excluding hydrogens is 398 g/mol. The van der Waals surface area contributed by atoms with E-state index in [-0.39, 0.29) is 24.4 Å². The summed E-state index contributed by atoms with van der Waals surface area (Å²) < 4.78 is 5.67. The van der Waals surface area contributed by atoms with Crippen molar-refractivity contribution in [2.75, 3.05) is 35.3 Å². The number of nitrogens with one attached hydrogen (secondary N) is 1. The summed E-state index contributed by atoms with van der Waals surface area (Å²) >= 11 is 0. The number of nitrogens with zero attached hydrogens (tertiary/aromatic N) is 6. The van der Waals surface area contributed by atoms with Crippen LogP contribution in [0.15, 0.2) is 12.4 Å². The van der Waals surface area contributed by atoms with Crippen molar-refractivity contribution in [1.82, 2.24) is 19.9 Å². The van der Waals surface area contributed by atoms with Gasteiger partial charge in [0.25, 0.3) is 0 Å². The fourth-order valence-corrected chi connectivity index (χ4v) is 5.67. The van der Waals surface area contributed by atoms with E-state index in [2.05, 4.69) is 30.2 Å².